The lowest BCUT2D eigenvalue weighted by atomic mass is 10.1. The van der Waals surface area contributed by atoms with Crippen molar-refractivity contribution in [3.05, 3.63) is 65.2 Å². The first-order chi connectivity index (χ1) is 15.6. The second kappa shape index (κ2) is 11.8. The van der Waals surface area contributed by atoms with Gasteiger partial charge in [-0.2, -0.15) is 0 Å². The summed E-state index contributed by atoms with van der Waals surface area (Å²) in [7, 11) is -1.95. The van der Waals surface area contributed by atoms with Crippen LogP contribution in [0.4, 0.5) is 5.69 Å². The van der Waals surface area contributed by atoms with Crippen LogP contribution < -0.4 is 9.62 Å². The number of hydrogen-bond donors (Lipinski definition) is 1. The molecule has 0 saturated heterocycles. The molecule has 2 rings (SSSR count). The van der Waals surface area contributed by atoms with Crippen LogP contribution in [-0.4, -0.2) is 51.0 Å². The predicted molar refractivity (Wildman–Crippen MR) is 133 cm³/mol. The van der Waals surface area contributed by atoms with Crippen LogP contribution in [0.15, 0.2) is 48.5 Å². The van der Waals surface area contributed by atoms with Crippen molar-refractivity contribution >= 4 is 27.5 Å². The first-order valence-electron chi connectivity index (χ1n) is 11.2. The Balaban J connectivity index is 2.12. The van der Waals surface area contributed by atoms with Crippen molar-refractivity contribution in [1.29, 1.82) is 0 Å². The zero-order valence-electron chi connectivity index (χ0n) is 20.2. The summed E-state index contributed by atoms with van der Waals surface area (Å²) in [5.74, 6) is -0.439. The van der Waals surface area contributed by atoms with Gasteiger partial charge in [0.1, 0.15) is 6.04 Å². The third kappa shape index (κ3) is 7.60. The SMILES string of the molecule is CCc1ccc(N(CCCC(=O)N(Cc2ccc(C)cc2)[C@H](C)C(=O)NC)S(C)(=O)=O)cc1. The zero-order valence-corrected chi connectivity index (χ0v) is 21.0. The van der Waals surface area contributed by atoms with E-state index in [0.717, 1.165) is 23.1 Å². The van der Waals surface area contributed by atoms with Gasteiger partial charge < -0.3 is 10.2 Å². The minimum absolute atomic E-state index is 0.131. The molecule has 33 heavy (non-hydrogen) atoms. The number of hydrogen-bond acceptors (Lipinski definition) is 4. The number of rotatable bonds is 11. The van der Waals surface area contributed by atoms with Gasteiger partial charge in [0.05, 0.1) is 11.9 Å². The highest BCUT2D eigenvalue weighted by atomic mass is 32.2. The Morgan fingerprint density at radius 2 is 1.58 bits per heavy atom. The summed E-state index contributed by atoms with van der Waals surface area (Å²) >= 11 is 0. The van der Waals surface area contributed by atoms with Crippen LogP contribution in [0.3, 0.4) is 0 Å². The molecule has 0 aromatic heterocycles. The number of aryl methyl sites for hydroxylation is 2. The molecule has 0 spiro atoms. The Hall–Kier alpha value is -2.87. The number of carbonyl (C=O) groups is 2. The molecule has 0 fully saturated rings. The summed E-state index contributed by atoms with van der Waals surface area (Å²) in [5.41, 5.74) is 3.75. The Bertz CT molecular complexity index is 1030. The monoisotopic (exact) mass is 473 g/mol. The van der Waals surface area contributed by atoms with E-state index < -0.39 is 16.1 Å². The average Bonchev–Trinajstić information content (AvgIpc) is 2.79. The van der Waals surface area contributed by atoms with E-state index >= 15 is 0 Å². The van der Waals surface area contributed by atoms with Gasteiger partial charge in [-0.1, -0.05) is 48.9 Å². The van der Waals surface area contributed by atoms with Crippen LogP contribution in [0.25, 0.3) is 0 Å². The summed E-state index contributed by atoms with van der Waals surface area (Å²) in [6.07, 6.45) is 2.51. The second-order valence-electron chi connectivity index (χ2n) is 8.26. The van der Waals surface area contributed by atoms with Crippen molar-refractivity contribution in [2.24, 2.45) is 0 Å². The summed E-state index contributed by atoms with van der Waals surface area (Å²) in [4.78, 5) is 26.9. The molecule has 0 unspecified atom stereocenters. The third-order valence-electron chi connectivity index (χ3n) is 5.67. The van der Waals surface area contributed by atoms with Gasteiger partial charge in [0.2, 0.25) is 21.8 Å². The summed E-state index contributed by atoms with van der Waals surface area (Å²) < 4.78 is 26.1. The van der Waals surface area contributed by atoms with E-state index in [4.69, 9.17) is 0 Å². The van der Waals surface area contributed by atoms with Gasteiger partial charge in [-0.15, -0.1) is 0 Å². The van der Waals surface area contributed by atoms with Gasteiger partial charge in [-0.3, -0.25) is 13.9 Å². The molecule has 2 aromatic rings. The predicted octanol–water partition coefficient (Wildman–Crippen LogP) is 3.27. The van der Waals surface area contributed by atoms with Crippen molar-refractivity contribution in [2.45, 2.75) is 52.6 Å². The van der Waals surface area contributed by atoms with Crippen LogP contribution >= 0.6 is 0 Å². The number of benzene rings is 2. The van der Waals surface area contributed by atoms with E-state index in [1.807, 2.05) is 50.2 Å². The van der Waals surface area contributed by atoms with Gasteiger partial charge >= 0.3 is 0 Å². The fourth-order valence-electron chi connectivity index (χ4n) is 3.58. The summed E-state index contributed by atoms with van der Waals surface area (Å²) in [5, 5.41) is 2.60. The van der Waals surface area contributed by atoms with Crippen molar-refractivity contribution in [1.82, 2.24) is 10.2 Å². The molecule has 0 aliphatic heterocycles. The number of likely N-dealkylation sites (N-methyl/N-ethyl adjacent to an activating group) is 1. The third-order valence-corrected chi connectivity index (χ3v) is 6.87. The van der Waals surface area contributed by atoms with Crippen LogP contribution in [-0.2, 0) is 32.6 Å². The number of nitrogens with zero attached hydrogens (tertiary/aromatic N) is 2. The molecule has 0 saturated carbocycles. The van der Waals surface area contributed by atoms with E-state index in [1.165, 1.54) is 10.6 Å². The van der Waals surface area contributed by atoms with E-state index in [0.29, 0.717) is 18.7 Å². The van der Waals surface area contributed by atoms with Crippen molar-refractivity contribution < 1.29 is 18.0 Å². The van der Waals surface area contributed by atoms with Crippen LogP contribution in [0, 0.1) is 6.92 Å². The summed E-state index contributed by atoms with van der Waals surface area (Å²) in [6.45, 7) is 6.22. The van der Waals surface area contributed by atoms with Gasteiger partial charge in [0.15, 0.2) is 0 Å². The first kappa shape index (κ1) is 26.4. The van der Waals surface area contributed by atoms with Crippen molar-refractivity contribution in [3.8, 4) is 0 Å². The number of amides is 2. The fraction of sp³-hybridized carbons (Fsp3) is 0.440. The van der Waals surface area contributed by atoms with Gasteiger partial charge in [0.25, 0.3) is 0 Å². The molecule has 0 aliphatic rings. The number of sulfonamides is 1. The minimum Gasteiger partial charge on any atom is -0.357 e. The van der Waals surface area contributed by atoms with Gasteiger partial charge in [-0.25, -0.2) is 8.42 Å². The van der Waals surface area contributed by atoms with Gasteiger partial charge in [0, 0.05) is 26.6 Å². The largest absolute Gasteiger partial charge is 0.357 e. The maximum absolute atomic E-state index is 13.1. The molecule has 0 heterocycles. The van der Waals surface area contributed by atoms with Gasteiger partial charge in [-0.05, 0) is 49.9 Å². The van der Waals surface area contributed by atoms with Crippen LogP contribution in [0.5, 0.6) is 0 Å². The quantitative estimate of drug-likeness (QED) is 0.543. The number of carbonyl (C=O) groups excluding carboxylic acids is 2. The minimum atomic E-state index is -3.50. The molecule has 2 aromatic carbocycles. The summed E-state index contributed by atoms with van der Waals surface area (Å²) in [6, 6.07) is 14.6. The lowest BCUT2D eigenvalue weighted by molar-refractivity contribution is -0.140. The maximum Gasteiger partial charge on any atom is 0.242 e. The van der Waals surface area contributed by atoms with E-state index in [-0.39, 0.29) is 24.8 Å². The fourth-order valence-corrected chi connectivity index (χ4v) is 4.55. The highest BCUT2D eigenvalue weighted by Crippen LogP contribution is 2.20. The van der Waals surface area contributed by atoms with Crippen LogP contribution in [0.2, 0.25) is 0 Å². The highest BCUT2D eigenvalue weighted by Gasteiger charge is 2.26. The molecule has 180 valence electrons. The molecule has 0 bridgehead atoms. The lowest BCUT2D eigenvalue weighted by Crippen LogP contribution is -2.46. The lowest BCUT2D eigenvalue weighted by Gasteiger charge is -2.29. The van der Waals surface area contributed by atoms with E-state index in [2.05, 4.69) is 5.32 Å². The van der Waals surface area contributed by atoms with E-state index in [9.17, 15) is 18.0 Å². The van der Waals surface area contributed by atoms with Crippen molar-refractivity contribution in [3.63, 3.8) is 0 Å². The molecule has 8 heteroatoms. The molecule has 1 atom stereocenters. The number of nitrogens with one attached hydrogen (secondary N) is 1. The zero-order chi connectivity index (χ0) is 24.6. The molecular weight excluding hydrogens is 438 g/mol. The topological polar surface area (TPSA) is 86.8 Å². The van der Waals surface area contributed by atoms with Crippen LogP contribution in [0.1, 0.15) is 43.4 Å². The van der Waals surface area contributed by atoms with E-state index in [1.54, 1.807) is 31.0 Å². The molecule has 0 radical (unpaired) electrons. The average molecular weight is 474 g/mol. The normalized spacial score (nSPS) is 12.2. The molecule has 7 nitrogen and oxygen atoms in total. The Morgan fingerprint density at radius 3 is 2.09 bits per heavy atom. The smallest absolute Gasteiger partial charge is 0.242 e. The molecule has 0 aliphatic carbocycles. The first-order valence-corrected chi connectivity index (χ1v) is 13.0. The molecular formula is C25H35N3O4S. The standard InChI is InChI=1S/C25H35N3O4S/c1-6-21-13-15-23(16-14-21)28(33(5,31)32)17-7-8-24(29)27(20(3)25(30)26-4)18-22-11-9-19(2)10-12-22/h9-16,20H,6-8,17-18H2,1-5H3,(H,26,30)/t20-/m1/s1. The Kier molecular flexibility index (Phi) is 9.46. The highest BCUT2D eigenvalue weighted by molar-refractivity contribution is 7.92. The molecule has 2 amide bonds. The Morgan fingerprint density at radius 1 is 1.00 bits per heavy atom. The number of anilines is 1. The second-order valence-corrected chi connectivity index (χ2v) is 10.2. The molecule has 1 N–H and O–H groups in total. The Labute approximate surface area is 197 Å². The van der Waals surface area contributed by atoms with Crippen molar-refractivity contribution in [2.75, 3.05) is 24.2 Å². The maximum atomic E-state index is 13.1.